The predicted molar refractivity (Wildman–Crippen MR) is 119 cm³/mol. The molecule has 0 atom stereocenters. The summed E-state index contributed by atoms with van der Waals surface area (Å²) in [6.07, 6.45) is 5.57. The number of carbonyl (C=O) groups excluding carboxylic acids is 2. The van der Waals surface area contributed by atoms with Crippen LogP contribution in [0.15, 0.2) is 46.9 Å². The molecule has 0 radical (unpaired) electrons. The van der Waals surface area contributed by atoms with Crippen LogP contribution in [0.1, 0.15) is 48.0 Å². The van der Waals surface area contributed by atoms with E-state index in [2.05, 4.69) is 21.2 Å². The topological polar surface area (TPSA) is 58.6 Å². The van der Waals surface area contributed by atoms with Gasteiger partial charge in [-0.2, -0.15) is 0 Å². The number of hydrogen-bond donors (Lipinski definition) is 1. The molecule has 29 heavy (non-hydrogen) atoms. The summed E-state index contributed by atoms with van der Waals surface area (Å²) < 4.78 is 6.67. The van der Waals surface area contributed by atoms with Gasteiger partial charge in [-0.3, -0.25) is 9.59 Å². The van der Waals surface area contributed by atoms with Crippen LogP contribution in [0.5, 0.6) is 5.75 Å². The van der Waals surface area contributed by atoms with Crippen LogP contribution >= 0.6 is 15.9 Å². The second kappa shape index (κ2) is 9.92. The number of halogens is 1. The number of rotatable bonds is 6. The maximum absolute atomic E-state index is 12.8. The molecule has 1 saturated carbocycles. The van der Waals surface area contributed by atoms with E-state index in [0.717, 1.165) is 35.7 Å². The molecule has 2 aromatic carbocycles. The van der Waals surface area contributed by atoms with Crippen molar-refractivity contribution in [3.63, 3.8) is 0 Å². The molecule has 0 unspecified atom stereocenters. The van der Waals surface area contributed by atoms with Crippen molar-refractivity contribution >= 4 is 33.4 Å². The molecule has 2 aromatic rings. The van der Waals surface area contributed by atoms with Crippen molar-refractivity contribution in [2.24, 2.45) is 0 Å². The van der Waals surface area contributed by atoms with Gasteiger partial charge in [-0.05, 0) is 55.7 Å². The summed E-state index contributed by atoms with van der Waals surface area (Å²) in [5, 5.41) is 3.13. The summed E-state index contributed by atoms with van der Waals surface area (Å²) in [7, 11) is 1.67. The van der Waals surface area contributed by atoms with E-state index in [1.54, 1.807) is 19.2 Å². The Hall–Kier alpha value is -2.34. The Morgan fingerprint density at radius 2 is 1.86 bits per heavy atom. The summed E-state index contributed by atoms with van der Waals surface area (Å²) >= 11 is 3.42. The summed E-state index contributed by atoms with van der Waals surface area (Å²) in [6.45, 7) is 1.83. The number of hydrogen-bond acceptors (Lipinski definition) is 3. The molecule has 1 fully saturated rings. The molecule has 5 nitrogen and oxygen atoms in total. The molecule has 2 amide bonds. The minimum absolute atomic E-state index is 0.0997. The number of nitrogens with zero attached hydrogens (tertiary/aromatic N) is 1. The molecule has 6 heteroatoms. The third-order valence-electron chi connectivity index (χ3n) is 5.31. The molecule has 0 aromatic heterocycles. The van der Waals surface area contributed by atoms with E-state index in [1.165, 1.54) is 11.3 Å². The summed E-state index contributed by atoms with van der Waals surface area (Å²) in [4.78, 5) is 27.0. The molecular formula is C23H27BrN2O3. The highest BCUT2D eigenvalue weighted by Crippen LogP contribution is 2.24. The number of amides is 2. The van der Waals surface area contributed by atoms with Gasteiger partial charge in [0.05, 0.1) is 11.3 Å². The van der Waals surface area contributed by atoms with E-state index >= 15 is 0 Å². The molecule has 154 valence electrons. The normalized spacial score (nSPS) is 14.3. The lowest BCUT2D eigenvalue weighted by Crippen LogP contribution is -2.38. The standard InChI is InChI=1S/C23H27BrN2O3/c1-16-14-17(24)12-13-21(16)29-15-22(27)26(2)20-11-7-6-10-19(20)23(28)25-18-8-4-3-5-9-18/h6-7,10-14,18H,3-5,8-9,15H2,1-2H3,(H,25,28). The number of benzene rings is 2. The summed E-state index contributed by atoms with van der Waals surface area (Å²) in [6, 6.07) is 13.1. The second-order valence-corrected chi connectivity index (χ2v) is 8.39. The molecule has 0 aliphatic heterocycles. The molecule has 1 aliphatic carbocycles. The summed E-state index contributed by atoms with van der Waals surface area (Å²) in [5.41, 5.74) is 2.04. The molecule has 0 saturated heterocycles. The number of aryl methyl sites for hydroxylation is 1. The predicted octanol–water partition coefficient (Wildman–Crippen LogP) is 4.86. The van der Waals surface area contributed by atoms with Gasteiger partial charge in [0.1, 0.15) is 5.75 Å². The lowest BCUT2D eigenvalue weighted by Gasteiger charge is -2.25. The minimum Gasteiger partial charge on any atom is -0.483 e. The zero-order valence-corrected chi connectivity index (χ0v) is 18.5. The zero-order chi connectivity index (χ0) is 20.8. The van der Waals surface area contributed by atoms with Gasteiger partial charge >= 0.3 is 0 Å². The Morgan fingerprint density at radius 3 is 2.59 bits per heavy atom. The largest absolute Gasteiger partial charge is 0.483 e. The van der Waals surface area contributed by atoms with Crippen LogP contribution in [0.4, 0.5) is 5.69 Å². The number of para-hydroxylation sites is 1. The van der Waals surface area contributed by atoms with E-state index in [1.807, 2.05) is 37.3 Å². The number of anilines is 1. The average molecular weight is 459 g/mol. The van der Waals surface area contributed by atoms with Crippen molar-refractivity contribution in [3.8, 4) is 5.75 Å². The van der Waals surface area contributed by atoms with Gasteiger partial charge in [0.25, 0.3) is 11.8 Å². The Bertz CT molecular complexity index is 878. The first-order chi connectivity index (χ1) is 14.0. The van der Waals surface area contributed by atoms with E-state index in [-0.39, 0.29) is 24.5 Å². The van der Waals surface area contributed by atoms with Gasteiger partial charge in [-0.25, -0.2) is 0 Å². The first kappa shape index (κ1) is 21.4. The molecular weight excluding hydrogens is 432 g/mol. The van der Waals surface area contributed by atoms with Crippen LogP contribution in [-0.2, 0) is 4.79 Å². The van der Waals surface area contributed by atoms with Gasteiger partial charge in [-0.15, -0.1) is 0 Å². The van der Waals surface area contributed by atoms with Crippen LogP contribution in [0.2, 0.25) is 0 Å². The highest BCUT2D eigenvalue weighted by atomic mass is 79.9. The van der Waals surface area contributed by atoms with Crippen molar-refractivity contribution in [3.05, 3.63) is 58.1 Å². The van der Waals surface area contributed by atoms with Gasteiger partial charge in [0, 0.05) is 17.6 Å². The molecule has 0 heterocycles. The molecule has 0 spiro atoms. The number of likely N-dealkylation sites (N-methyl/N-ethyl adjacent to an activating group) is 1. The zero-order valence-electron chi connectivity index (χ0n) is 16.9. The van der Waals surface area contributed by atoms with Crippen LogP contribution in [0, 0.1) is 6.92 Å². The third-order valence-corrected chi connectivity index (χ3v) is 5.81. The molecule has 3 rings (SSSR count). The van der Waals surface area contributed by atoms with E-state index in [4.69, 9.17) is 4.74 Å². The monoisotopic (exact) mass is 458 g/mol. The van der Waals surface area contributed by atoms with E-state index in [0.29, 0.717) is 17.0 Å². The fraction of sp³-hybridized carbons (Fsp3) is 0.391. The quantitative estimate of drug-likeness (QED) is 0.671. The Balaban J connectivity index is 1.67. The van der Waals surface area contributed by atoms with Crippen LogP contribution in [0.25, 0.3) is 0 Å². The number of carbonyl (C=O) groups is 2. The van der Waals surface area contributed by atoms with Crippen LogP contribution < -0.4 is 15.0 Å². The maximum atomic E-state index is 12.8. The highest BCUT2D eigenvalue weighted by molar-refractivity contribution is 9.10. The van der Waals surface area contributed by atoms with Gasteiger partial charge in [0.2, 0.25) is 0 Å². The molecule has 1 aliphatic rings. The number of ether oxygens (including phenoxy) is 1. The van der Waals surface area contributed by atoms with Crippen molar-refractivity contribution in [2.75, 3.05) is 18.6 Å². The Labute approximate surface area is 180 Å². The SMILES string of the molecule is Cc1cc(Br)ccc1OCC(=O)N(C)c1ccccc1C(=O)NC1CCCCC1. The van der Waals surface area contributed by atoms with E-state index < -0.39 is 0 Å². The van der Waals surface area contributed by atoms with Crippen LogP contribution in [0.3, 0.4) is 0 Å². The van der Waals surface area contributed by atoms with Crippen molar-refractivity contribution in [2.45, 2.75) is 45.1 Å². The highest BCUT2D eigenvalue weighted by Gasteiger charge is 2.22. The smallest absolute Gasteiger partial charge is 0.264 e. The van der Waals surface area contributed by atoms with Crippen LogP contribution in [-0.4, -0.2) is 31.5 Å². The Kier molecular flexibility index (Phi) is 7.31. The second-order valence-electron chi connectivity index (χ2n) is 7.48. The first-order valence-corrected chi connectivity index (χ1v) is 10.8. The molecule has 1 N–H and O–H groups in total. The number of nitrogens with one attached hydrogen (secondary N) is 1. The average Bonchev–Trinajstić information content (AvgIpc) is 2.73. The lowest BCUT2D eigenvalue weighted by atomic mass is 9.95. The Morgan fingerprint density at radius 1 is 1.14 bits per heavy atom. The fourth-order valence-electron chi connectivity index (χ4n) is 3.61. The first-order valence-electron chi connectivity index (χ1n) is 10.0. The summed E-state index contributed by atoms with van der Waals surface area (Å²) in [5.74, 6) is 0.320. The third kappa shape index (κ3) is 5.60. The van der Waals surface area contributed by atoms with Crippen molar-refractivity contribution in [1.29, 1.82) is 0 Å². The van der Waals surface area contributed by atoms with Crippen molar-refractivity contribution < 1.29 is 14.3 Å². The fourth-order valence-corrected chi connectivity index (χ4v) is 4.09. The van der Waals surface area contributed by atoms with Gasteiger partial charge in [-0.1, -0.05) is 47.3 Å². The molecule has 0 bridgehead atoms. The lowest BCUT2D eigenvalue weighted by molar-refractivity contribution is -0.120. The van der Waals surface area contributed by atoms with Gasteiger partial charge in [0.15, 0.2) is 6.61 Å². The van der Waals surface area contributed by atoms with Gasteiger partial charge < -0.3 is 15.0 Å². The van der Waals surface area contributed by atoms with E-state index in [9.17, 15) is 9.59 Å². The minimum atomic E-state index is -0.217. The van der Waals surface area contributed by atoms with Crippen molar-refractivity contribution in [1.82, 2.24) is 5.32 Å². The maximum Gasteiger partial charge on any atom is 0.264 e.